The lowest BCUT2D eigenvalue weighted by Crippen LogP contribution is -2.60. The Labute approximate surface area is 283 Å². The maximum absolute atomic E-state index is 15.4. The molecule has 0 bridgehead atoms. The normalized spacial score (nSPS) is 23.0. The molecule has 2 aliphatic heterocycles. The highest BCUT2D eigenvalue weighted by molar-refractivity contribution is 7.91. The van der Waals surface area contributed by atoms with Crippen molar-refractivity contribution in [2.24, 2.45) is 5.92 Å². The fraction of sp³-hybridized carbons (Fsp3) is 0.455. The van der Waals surface area contributed by atoms with Crippen LogP contribution in [0.3, 0.4) is 0 Å². The van der Waals surface area contributed by atoms with Crippen molar-refractivity contribution < 1.29 is 39.2 Å². The Hall–Kier alpha value is -3.44. The molecule has 264 valence electrons. The van der Waals surface area contributed by atoms with Crippen LogP contribution in [-0.4, -0.2) is 86.1 Å². The smallest absolute Gasteiger partial charge is 0.282 e. The molecule has 0 unspecified atom stereocenters. The predicted octanol–water partition coefficient (Wildman–Crippen LogP) is 3.76. The summed E-state index contributed by atoms with van der Waals surface area (Å²) in [5.41, 5.74) is -0.0283. The molecular weight excluding hydrogens is 687 g/mol. The van der Waals surface area contributed by atoms with Gasteiger partial charge in [-0.2, -0.15) is 17.0 Å². The highest BCUT2D eigenvalue weighted by atomic mass is 32.2. The molecule has 1 aromatic heterocycles. The van der Waals surface area contributed by atoms with Crippen LogP contribution >= 0.6 is 0 Å². The van der Waals surface area contributed by atoms with Crippen LogP contribution in [0.1, 0.15) is 48.3 Å². The first kappa shape index (κ1) is 35.4. The monoisotopic (exact) mass is 723 g/mol. The number of nitrogens with one attached hydrogen (secondary N) is 2. The fourth-order valence-electron chi connectivity index (χ4n) is 7.23. The molecule has 3 aliphatic rings. The van der Waals surface area contributed by atoms with Gasteiger partial charge in [0.2, 0.25) is 5.91 Å². The second kappa shape index (κ2) is 13.7. The van der Waals surface area contributed by atoms with E-state index in [2.05, 4.69) is 15.6 Å². The Morgan fingerprint density at radius 2 is 1.63 bits per heavy atom. The molecule has 3 heterocycles. The number of nitrogens with zero attached hydrogens (tertiary/aromatic N) is 3. The van der Waals surface area contributed by atoms with E-state index in [-0.39, 0.29) is 68.0 Å². The van der Waals surface area contributed by atoms with E-state index in [0.29, 0.717) is 31.1 Å². The Morgan fingerprint density at radius 3 is 2.29 bits per heavy atom. The van der Waals surface area contributed by atoms with Crippen molar-refractivity contribution in [2.45, 2.75) is 48.8 Å². The number of carbonyl (C=O) groups excluding carboxylic acids is 1. The molecule has 16 heteroatoms. The fourth-order valence-corrected chi connectivity index (χ4v) is 10.3. The summed E-state index contributed by atoms with van der Waals surface area (Å²) in [6, 6.07) is 8.09. The average Bonchev–Trinajstić information content (AvgIpc) is 3.72. The highest BCUT2D eigenvalue weighted by Gasteiger charge is 2.63. The summed E-state index contributed by atoms with van der Waals surface area (Å²) in [5.74, 6) is -4.69. The van der Waals surface area contributed by atoms with Gasteiger partial charge in [0.15, 0.2) is 0 Å². The summed E-state index contributed by atoms with van der Waals surface area (Å²) in [5, 5.41) is 5.35. The first-order valence-electron chi connectivity index (χ1n) is 16.0. The van der Waals surface area contributed by atoms with Gasteiger partial charge in [-0.1, -0.05) is 12.1 Å². The summed E-state index contributed by atoms with van der Waals surface area (Å²) >= 11 is 0. The zero-order chi connectivity index (χ0) is 35.1. The molecule has 3 atom stereocenters. The van der Waals surface area contributed by atoms with Gasteiger partial charge < -0.3 is 10.6 Å². The first-order chi connectivity index (χ1) is 23.2. The molecule has 1 saturated carbocycles. The Bertz CT molecular complexity index is 1920. The topological polar surface area (TPSA) is 129 Å². The summed E-state index contributed by atoms with van der Waals surface area (Å²) in [4.78, 5) is 17.3. The Balaban J connectivity index is 1.20. The van der Waals surface area contributed by atoms with Crippen molar-refractivity contribution in [3.8, 4) is 0 Å². The van der Waals surface area contributed by atoms with E-state index in [4.69, 9.17) is 0 Å². The van der Waals surface area contributed by atoms with Gasteiger partial charge in [-0.05, 0) is 67.0 Å². The van der Waals surface area contributed by atoms with Crippen LogP contribution in [0.4, 0.5) is 23.2 Å². The number of rotatable bonds is 10. The lowest BCUT2D eigenvalue weighted by Gasteiger charge is -2.41. The van der Waals surface area contributed by atoms with E-state index < -0.39 is 65.9 Å². The molecule has 2 saturated heterocycles. The molecule has 0 radical (unpaired) electrons. The van der Waals surface area contributed by atoms with Gasteiger partial charge in [0.1, 0.15) is 33.1 Å². The van der Waals surface area contributed by atoms with Crippen molar-refractivity contribution in [3.63, 3.8) is 0 Å². The van der Waals surface area contributed by atoms with Gasteiger partial charge in [0.05, 0.1) is 28.9 Å². The molecule has 6 rings (SSSR count). The molecule has 2 aromatic carbocycles. The number of carbonyl (C=O) groups is 1. The maximum atomic E-state index is 15.4. The highest BCUT2D eigenvalue weighted by Crippen LogP contribution is 2.53. The molecule has 1 spiro atoms. The van der Waals surface area contributed by atoms with Crippen molar-refractivity contribution in [3.05, 3.63) is 94.8 Å². The van der Waals surface area contributed by atoms with Crippen molar-refractivity contribution >= 4 is 31.6 Å². The lowest BCUT2D eigenvalue weighted by atomic mass is 9.88. The number of piperazine rings is 1. The minimum atomic E-state index is -3.96. The van der Waals surface area contributed by atoms with Crippen LogP contribution in [0.5, 0.6) is 0 Å². The van der Waals surface area contributed by atoms with Crippen molar-refractivity contribution in [2.75, 3.05) is 44.3 Å². The van der Waals surface area contributed by atoms with Crippen LogP contribution in [0.2, 0.25) is 0 Å². The number of aromatic nitrogens is 1. The summed E-state index contributed by atoms with van der Waals surface area (Å²) < 4.78 is 112. The van der Waals surface area contributed by atoms with Gasteiger partial charge in [-0.15, -0.1) is 0 Å². The van der Waals surface area contributed by atoms with Crippen LogP contribution in [-0.2, 0) is 31.3 Å². The van der Waals surface area contributed by atoms with E-state index >= 15 is 4.39 Å². The first-order valence-corrected chi connectivity index (χ1v) is 19.3. The third-order valence-electron chi connectivity index (χ3n) is 9.91. The van der Waals surface area contributed by atoms with E-state index in [9.17, 15) is 34.8 Å². The second-order valence-electron chi connectivity index (χ2n) is 13.1. The van der Waals surface area contributed by atoms with E-state index in [0.717, 1.165) is 24.6 Å². The number of pyridine rings is 1. The molecule has 3 fully saturated rings. The zero-order valence-corrected chi connectivity index (χ0v) is 28.3. The number of benzene rings is 2. The number of hydrogen-bond acceptors (Lipinski definition) is 7. The average molecular weight is 724 g/mol. The van der Waals surface area contributed by atoms with Crippen LogP contribution < -0.4 is 10.6 Å². The molecular formula is C33H37F4N5O5S2. The summed E-state index contributed by atoms with van der Waals surface area (Å²) in [7, 11) is -7.25. The van der Waals surface area contributed by atoms with Gasteiger partial charge in [0.25, 0.3) is 10.2 Å². The second-order valence-corrected chi connectivity index (χ2v) is 17.3. The third kappa shape index (κ3) is 7.53. The summed E-state index contributed by atoms with van der Waals surface area (Å²) in [6.07, 6.45) is 4.09. The van der Waals surface area contributed by atoms with Gasteiger partial charge >= 0.3 is 0 Å². The van der Waals surface area contributed by atoms with Crippen molar-refractivity contribution in [1.82, 2.24) is 18.9 Å². The quantitative estimate of drug-likeness (QED) is 0.305. The SMILES string of the molecule is CS(=O)(=O)C1CCN(S(=O)(=O)N2CCNC[C@]23C[C@H]3Cc2c(F)cncc2NC(=O)C[C@@H](c2ccc(F)cc2)c2cc(F)cc(F)c2)CC1. The molecule has 10 nitrogen and oxygen atoms in total. The van der Waals surface area contributed by atoms with E-state index in [1.54, 1.807) is 0 Å². The number of amides is 1. The minimum absolute atomic E-state index is 0.0800. The van der Waals surface area contributed by atoms with Crippen LogP contribution in [0.15, 0.2) is 54.9 Å². The molecule has 2 N–H and O–H groups in total. The van der Waals surface area contributed by atoms with Crippen molar-refractivity contribution in [1.29, 1.82) is 0 Å². The molecule has 1 amide bonds. The Morgan fingerprint density at radius 1 is 0.959 bits per heavy atom. The van der Waals surface area contributed by atoms with Gasteiger partial charge in [-0.25, -0.2) is 26.0 Å². The number of hydrogen-bond donors (Lipinski definition) is 2. The third-order valence-corrected chi connectivity index (χ3v) is 13.7. The number of sulfone groups is 1. The largest absolute Gasteiger partial charge is 0.324 e. The minimum Gasteiger partial charge on any atom is -0.324 e. The van der Waals surface area contributed by atoms with E-state index in [1.165, 1.54) is 39.1 Å². The molecule has 1 aliphatic carbocycles. The van der Waals surface area contributed by atoms with Gasteiger partial charge in [0, 0.05) is 62.9 Å². The zero-order valence-electron chi connectivity index (χ0n) is 26.7. The number of anilines is 1. The standard InChI is InChI=1S/C33H37F4N5O5S2/c1-48(44,45)27-6-9-41(10-7-27)49(46,47)42-11-8-38-20-33(42)17-23(33)14-29-30(37)18-39-19-31(29)40-32(43)16-28(21-2-4-24(34)5-3-21)22-12-25(35)15-26(36)13-22/h2-5,12-13,15,18-19,23,27-28,38H,6-11,14,16-17,20H2,1H3,(H,40,43)/t23-,28+,33+/m1/s1. The molecule has 49 heavy (non-hydrogen) atoms. The van der Waals surface area contributed by atoms with Crippen LogP contribution in [0.25, 0.3) is 0 Å². The summed E-state index contributed by atoms with van der Waals surface area (Å²) in [6.45, 7) is 1.12. The number of piperidine rings is 1. The predicted molar refractivity (Wildman–Crippen MR) is 175 cm³/mol. The lowest BCUT2D eigenvalue weighted by molar-refractivity contribution is -0.116. The maximum Gasteiger partial charge on any atom is 0.282 e. The molecule has 3 aromatic rings. The van der Waals surface area contributed by atoms with Gasteiger partial charge in [-0.3, -0.25) is 9.78 Å². The number of halogens is 4. The van der Waals surface area contributed by atoms with Crippen LogP contribution in [0, 0.1) is 29.2 Å². The van der Waals surface area contributed by atoms with E-state index in [1.807, 2.05) is 0 Å². The Kier molecular flexibility index (Phi) is 9.89.